The molecule has 0 spiro atoms. The molecule has 0 aliphatic heterocycles. The molecule has 136 valence electrons. The van der Waals surface area contributed by atoms with Crippen LogP contribution in [0.4, 0.5) is 4.79 Å². The van der Waals surface area contributed by atoms with E-state index in [1.807, 2.05) is 0 Å². The molecule has 0 saturated heterocycles. The zero-order valence-corrected chi connectivity index (χ0v) is 13.6. The average molecular weight is 345 g/mol. The van der Waals surface area contributed by atoms with Crippen LogP contribution in [0.2, 0.25) is 0 Å². The van der Waals surface area contributed by atoms with Gasteiger partial charge < -0.3 is 26.6 Å². The molecular formula is C14H23N3O7. The topological polar surface area (TPSA) is 176 Å². The van der Waals surface area contributed by atoms with Gasteiger partial charge in [-0.2, -0.15) is 0 Å². The zero-order chi connectivity index (χ0) is 18.9. The Bertz CT molecular complexity index is 505. The van der Waals surface area contributed by atoms with Crippen molar-refractivity contribution < 1.29 is 34.2 Å². The molecule has 6 N–H and O–H groups in total. The molecule has 0 bridgehead atoms. The standard InChI is InChI=1S/C14H23N3O7/c1-7(2)10(18)5-3-9(13(22)23)17-14(24)16-8(12(15)21)4-6-11(19)20/h7-9H,3-6H2,1-2H3,(H2,15,21)(H,19,20)(H,22,23)(H2,16,17,24). The van der Waals surface area contributed by atoms with Crippen molar-refractivity contribution in [3.8, 4) is 0 Å². The molecule has 0 rings (SSSR count). The number of amides is 3. The maximum atomic E-state index is 11.8. The normalized spacial score (nSPS) is 13.0. The van der Waals surface area contributed by atoms with Crippen LogP contribution in [0.1, 0.15) is 39.5 Å². The van der Waals surface area contributed by atoms with Crippen LogP contribution < -0.4 is 16.4 Å². The lowest BCUT2D eigenvalue weighted by Gasteiger charge is -2.18. The number of nitrogens with one attached hydrogen (secondary N) is 2. The summed E-state index contributed by atoms with van der Waals surface area (Å²) in [6.07, 6.45) is -0.732. The molecule has 0 saturated carbocycles. The number of primary amides is 1. The van der Waals surface area contributed by atoms with Crippen LogP contribution in [0.25, 0.3) is 0 Å². The number of carbonyl (C=O) groups excluding carboxylic acids is 3. The molecule has 0 radical (unpaired) electrons. The molecule has 0 aromatic rings. The van der Waals surface area contributed by atoms with E-state index in [1.165, 1.54) is 0 Å². The predicted molar refractivity (Wildman–Crippen MR) is 82.0 cm³/mol. The molecule has 0 heterocycles. The summed E-state index contributed by atoms with van der Waals surface area (Å²) in [5.41, 5.74) is 5.06. The van der Waals surface area contributed by atoms with Gasteiger partial charge in [-0.1, -0.05) is 13.8 Å². The second-order valence-corrected chi connectivity index (χ2v) is 5.56. The fourth-order valence-corrected chi connectivity index (χ4v) is 1.74. The first-order valence-corrected chi connectivity index (χ1v) is 7.38. The molecule has 10 nitrogen and oxygen atoms in total. The van der Waals surface area contributed by atoms with Crippen LogP contribution in [0.5, 0.6) is 0 Å². The smallest absolute Gasteiger partial charge is 0.326 e. The minimum atomic E-state index is -1.33. The molecule has 0 aliphatic rings. The Morgan fingerprint density at radius 3 is 1.83 bits per heavy atom. The minimum absolute atomic E-state index is 0.0207. The Labute approximate surface area is 138 Å². The van der Waals surface area contributed by atoms with Crippen molar-refractivity contribution in [1.82, 2.24) is 10.6 Å². The predicted octanol–water partition coefficient (Wildman–Crippen LogP) is -0.537. The number of carboxylic acids is 2. The summed E-state index contributed by atoms with van der Waals surface area (Å²) in [7, 11) is 0. The summed E-state index contributed by atoms with van der Waals surface area (Å²) >= 11 is 0. The number of rotatable bonds is 11. The van der Waals surface area contributed by atoms with E-state index in [2.05, 4.69) is 10.6 Å². The molecule has 3 amide bonds. The summed E-state index contributed by atoms with van der Waals surface area (Å²) in [4.78, 5) is 56.1. The van der Waals surface area contributed by atoms with Gasteiger partial charge in [-0.3, -0.25) is 14.4 Å². The van der Waals surface area contributed by atoms with E-state index in [4.69, 9.17) is 15.9 Å². The number of urea groups is 1. The van der Waals surface area contributed by atoms with Gasteiger partial charge in [0.1, 0.15) is 17.9 Å². The van der Waals surface area contributed by atoms with Crippen molar-refractivity contribution in [1.29, 1.82) is 0 Å². The first kappa shape index (κ1) is 21.4. The van der Waals surface area contributed by atoms with Crippen molar-refractivity contribution in [2.45, 2.75) is 51.6 Å². The molecule has 2 unspecified atom stereocenters. The molecule has 10 heteroatoms. The lowest BCUT2D eigenvalue weighted by atomic mass is 10.0. The molecule has 0 aliphatic carbocycles. The zero-order valence-electron chi connectivity index (χ0n) is 13.6. The van der Waals surface area contributed by atoms with Crippen molar-refractivity contribution in [2.24, 2.45) is 11.7 Å². The summed E-state index contributed by atoms with van der Waals surface area (Å²) in [5.74, 6) is -3.82. The number of Topliss-reactive ketones (excluding diaryl/α,β-unsaturated/α-hetero) is 1. The summed E-state index contributed by atoms with van der Waals surface area (Å²) in [5, 5.41) is 21.9. The number of ketones is 1. The summed E-state index contributed by atoms with van der Waals surface area (Å²) in [6.45, 7) is 3.36. The van der Waals surface area contributed by atoms with Crippen molar-refractivity contribution in [2.75, 3.05) is 0 Å². The second kappa shape index (κ2) is 10.2. The van der Waals surface area contributed by atoms with Gasteiger partial charge in [-0.25, -0.2) is 9.59 Å². The Morgan fingerprint density at radius 2 is 1.42 bits per heavy atom. The number of hydrogen-bond donors (Lipinski definition) is 5. The van der Waals surface area contributed by atoms with Crippen LogP contribution >= 0.6 is 0 Å². The van der Waals surface area contributed by atoms with E-state index in [1.54, 1.807) is 13.8 Å². The lowest BCUT2D eigenvalue weighted by molar-refractivity contribution is -0.139. The monoisotopic (exact) mass is 345 g/mol. The van der Waals surface area contributed by atoms with Crippen molar-refractivity contribution in [3.63, 3.8) is 0 Å². The highest BCUT2D eigenvalue weighted by atomic mass is 16.4. The van der Waals surface area contributed by atoms with E-state index >= 15 is 0 Å². The van der Waals surface area contributed by atoms with E-state index in [0.29, 0.717) is 0 Å². The van der Waals surface area contributed by atoms with Crippen molar-refractivity contribution in [3.05, 3.63) is 0 Å². The summed E-state index contributed by atoms with van der Waals surface area (Å²) in [6, 6.07) is -3.54. The largest absolute Gasteiger partial charge is 0.481 e. The third-order valence-corrected chi connectivity index (χ3v) is 3.22. The van der Waals surface area contributed by atoms with Gasteiger partial charge in [0, 0.05) is 18.8 Å². The quantitative estimate of drug-likeness (QED) is 0.334. The van der Waals surface area contributed by atoms with Gasteiger partial charge in [0.25, 0.3) is 0 Å². The number of carbonyl (C=O) groups is 5. The highest BCUT2D eigenvalue weighted by molar-refractivity contribution is 5.88. The Hall–Kier alpha value is -2.65. The maximum absolute atomic E-state index is 11.8. The number of hydrogen-bond acceptors (Lipinski definition) is 5. The third-order valence-electron chi connectivity index (χ3n) is 3.22. The van der Waals surface area contributed by atoms with Crippen LogP contribution in [0, 0.1) is 5.92 Å². The van der Waals surface area contributed by atoms with E-state index in [9.17, 15) is 24.0 Å². The molecule has 24 heavy (non-hydrogen) atoms. The van der Waals surface area contributed by atoms with Gasteiger partial charge >= 0.3 is 18.0 Å². The molecule has 0 fully saturated rings. The summed E-state index contributed by atoms with van der Waals surface area (Å²) < 4.78 is 0. The van der Waals surface area contributed by atoms with Crippen LogP contribution in [-0.2, 0) is 19.2 Å². The van der Waals surface area contributed by atoms with Gasteiger partial charge in [0.2, 0.25) is 5.91 Å². The van der Waals surface area contributed by atoms with Gasteiger partial charge in [0.15, 0.2) is 0 Å². The number of nitrogens with two attached hydrogens (primary N) is 1. The highest BCUT2D eigenvalue weighted by Gasteiger charge is 2.24. The fraction of sp³-hybridized carbons (Fsp3) is 0.643. The van der Waals surface area contributed by atoms with Crippen molar-refractivity contribution >= 4 is 29.7 Å². The van der Waals surface area contributed by atoms with Gasteiger partial charge in [-0.05, 0) is 12.8 Å². The second-order valence-electron chi connectivity index (χ2n) is 5.56. The number of carboxylic acid groups (broad SMARTS) is 2. The van der Waals surface area contributed by atoms with E-state index in [-0.39, 0.29) is 37.4 Å². The fourth-order valence-electron chi connectivity index (χ4n) is 1.74. The Morgan fingerprint density at radius 1 is 0.917 bits per heavy atom. The van der Waals surface area contributed by atoms with Crippen LogP contribution in [0.15, 0.2) is 0 Å². The Kier molecular flexibility index (Phi) is 9.06. The molecular weight excluding hydrogens is 322 g/mol. The third kappa shape index (κ3) is 8.71. The van der Waals surface area contributed by atoms with Crippen LogP contribution in [-0.4, -0.2) is 52.0 Å². The Balaban J connectivity index is 4.64. The van der Waals surface area contributed by atoms with Crippen LogP contribution in [0.3, 0.4) is 0 Å². The maximum Gasteiger partial charge on any atom is 0.326 e. The van der Waals surface area contributed by atoms with E-state index < -0.39 is 36.0 Å². The number of aliphatic carboxylic acids is 2. The first-order valence-electron chi connectivity index (χ1n) is 7.38. The first-order chi connectivity index (χ1) is 11.0. The molecule has 2 atom stereocenters. The SMILES string of the molecule is CC(C)C(=O)CCC(NC(=O)NC(CCC(=O)O)C(N)=O)C(=O)O. The minimum Gasteiger partial charge on any atom is -0.481 e. The average Bonchev–Trinajstić information content (AvgIpc) is 2.46. The highest BCUT2D eigenvalue weighted by Crippen LogP contribution is 2.05. The lowest BCUT2D eigenvalue weighted by Crippen LogP contribution is -2.52. The van der Waals surface area contributed by atoms with Gasteiger partial charge in [-0.15, -0.1) is 0 Å². The molecule has 0 aromatic heterocycles. The van der Waals surface area contributed by atoms with Gasteiger partial charge in [0.05, 0.1) is 0 Å². The molecule has 0 aromatic carbocycles. The van der Waals surface area contributed by atoms with E-state index in [0.717, 1.165) is 0 Å².